The number of anilines is 3. The van der Waals surface area contributed by atoms with Crippen LogP contribution in [0.3, 0.4) is 0 Å². The van der Waals surface area contributed by atoms with Gasteiger partial charge in [0.2, 0.25) is 17.7 Å². The summed E-state index contributed by atoms with van der Waals surface area (Å²) in [5.41, 5.74) is 2.29. The summed E-state index contributed by atoms with van der Waals surface area (Å²) in [6.45, 7) is 1.67. The van der Waals surface area contributed by atoms with Crippen LogP contribution in [0.1, 0.15) is 18.4 Å². The first-order chi connectivity index (χ1) is 12.4. The minimum absolute atomic E-state index is 0.0538. The fourth-order valence-corrected chi connectivity index (χ4v) is 2.75. The highest BCUT2D eigenvalue weighted by Crippen LogP contribution is 2.29. The summed E-state index contributed by atoms with van der Waals surface area (Å²) in [7, 11) is 0. The molecule has 0 unspecified atom stereocenters. The number of amides is 3. The van der Waals surface area contributed by atoms with Gasteiger partial charge in [-0.2, -0.15) is 0 Å². The Balaban J connectivity index is 1.63. The number of carbonyl (C=O) groups excluding carboxylic acids is 3. The zero-order valence-electron chi connectivity index (χ0n) is 14.2. The molecule has 1 aliphatic heterocycles. The van der Waals surface area contributed by atoms with Crippen molar-refractivity contribution in [2.24, 2.45) is 0 Å². The van der Waals surface area contributed by atoms with Crippen molar-refractivity contribution >= 4 is 34.8 Å². The molecule has 134 valence electrons. The Morgan fingerprint density at radius 2 is 1.96 bits per heavy atom. The SMILES string of the molecule is Cc1ccc(F)cc1NC(=O)CCC(=O)N1CC(=O)Nc2ccccc21. The van der Waals surface area contributed by atoms with Gasteiger partial charge in [0.05, 0.1) is 11.4 Å². The van der Waals surface area contributed by atoms with Gasteiger partial charge in [0.15, 0.2) is 0 Å². The van der Waals surface area contributed by atoms with E-state index >= 15 is 0 Å². The average Bonchev–Trinajstić information content (AvgIpc) is 2.62. The quantitative estimate of drug-likeness (QED) is 0.885. The minimum Gasteiger partial charge on any atom is -0.326 e. The maximum atomic E-state index is 13.3. The van der Waals surface area contributed by atoms with Crippen LogP contribution in [0.5, 0.6) is 0 Å². The Bertz CT molecular complexity index is 882. The van der Waals surface area contributed by atoms with E-state index in [0.29, 0.717) is 17.1 Å². The van der Waals surface area contributed by atoms with E-state index in [-0.39, 0.29) is 37.1 Å². The van der Waals surface area contributed by atoms with Crippen LogP contribution in [0, 0.1) is 12.7 Å². The maximum absolute atomic E-state index is 13.3. The average molecular weight is 355 g/mol. The van der Waals surface area contributed by atoms with Gasteiger partial charge in [0.25, 0.3) is 0 Å². The van der Waals surface area contributed by atoms with Crippen molar-refractivity contribution in [1.29, 1.82) is 0 Å². The Kier molecular flexibility index (Phi) is 4.97. The topological polar surface area (TPSA) is 78.5 Å². The highest BCUT2D eigenvalue weighted by Gasteiger charge is 2.26. The third-order valence-electron chi connectivity index (χ3n) is 4.11. The molecule has 0 aliphatic carbocycles. The predicted octanol–water partition coefficient (Wildman–Crippen LogP) is 2.84. The summed E-state index contributed by atoms with van der Waals surface area (Å²) in [6.07, 6.45) is -0.114. The lowest BCUT2D eigenvalue weighted by Gasteiger charge is -2.29. The van der Waals surface area contributed by atoms with Crippen molar-refractivity contribution in [2.75, 3.05) is 22.1 Å². The Morgan fingerprint density at radius 1 is 1.19 bits per heavy atom. The lowest BCUT2D eigenvalue weighted by molar-refractivity contribution is -0.124. The maximum Gasteiger partial charge on any atom is 0.244 e. The molecule has 0 bridgehead atoms. The van der Waals surface area contributed by atoms with E-state index in [1.165, 1.54) is 17.0 Å². The van der Waals surface area contributed by atoms with Gasteiger partial charge in [0.1, 0.15) is 12.4 Å². The zero-order chi connectivity index (χ0) is 18.7. The van der Waals surface area contributed by atoms with Crippen LogP contribution in [0.4, 0.5) is 21.5 Å². The number of fused-ring (bicyclic) bond motifs is 1. The second-order valence-corrected chi connectivity index (χ2v) is 6.05. The van der Waals surface area contributed by atoms with E-state index in [4.69, 9.17) is 0 Å². The molecule has 0 radical (unpaired) electrons. The molecular formula is C19H18FN3O3. The molecule has 0 fully saturated rings. The predicted molar refractivity (Wildman–Crippen MR) is 96.4 cm³/mol. The van der Waals surface area contributed by atoms with E-state index < -0.39 is 5.82 Å². The Hall–Kier alpha value is -3.22. The number of carbonyl (C=O) groups is 3. The number of para-hydroxylation sites is 2. The van der Waals surface area contributed by atoms with Gasteiger partial charge in [-0.3, -0.25) is 14.4 Å². The second-order valence-electron chi connectivity index (χ2n) is 6.05. The number of nitrogens with zero attached hydrogens (tertiary/aromatic N) is 1. The number of benzene rings is 2. The number of hydrogen-bond donors (Lipinski definition) is 2. The molecule has 0 atom stereocenters. The van der Waals surface area contributed by atoms with Crippen molar-refractivity contribution in [3.63, 3.8) is 0 Å². The number of aryl methyl sites for hydroxylation is 1. The highest BCUT2D eigenvalue weighted by atomic mass is 19.1. The number of hydrogen-bond acceptors (Lipinski definition) is 3. The molecule has 7 heteroatoms. The second kappa shape index (κ2) is 7.35. The summed E-state index contributed by atoms with van der Waals surface area (Å²) in [5, 5.41) is 5.31. The van der Waals surface area contributed by atoms with Crippen molar-refractivity contribution < 1.29 is 18.8 Å². The number of nitrogens with one attached hydrogen (secondary N) is 2. The van der Waals surface area contributed by atoms with E-state index in [2.05, 4.69) is 10.6 Å². The largest absolute Gasteiger partial charge is 0.326 e. The fourth-order valence-electron chi connectivity index (χ4n) is 2.75. The van der Waals surface area contributed by atoms with Crippen LogP contribution < -0.4 is 15.5 Å². The molecule has 2 aromatic rings. The first kappa shape index (κ1) is 17.6. The molecule has 1 heterocycles. The van der Waals surface area contributed by atoms with Gasteiger partial charge in [-0.15, -0.1) is 0 Å². The fraction of sp³-hybridized carbons (Fsp3) is 0.211. The monoisotopic (exact) mass is 355 g/mol. The molecule has 3 amide bonds. The van der Waals surface area contributed by atoms with E-state index in [1.54, 1.807) is 37.3 Å². The Labute approximate surface area is 150 Å². The Morgan fingerprint density at radius 3 is 2.77 bits per heavy atom. The van der Waals surface area contributed by atoms with Crippen LogP contribution in [0.15, 0.2) is 42.5 Å². The van der Waals surface area contributed by atoms with Gasteiger partial charge in [-0.1, -0.05) is 18.2 Å². The molecule has 3 rings (SSSR count). The van der Waals surface area contributed by atoms with Gasteiger partial charge in [-0.05, 0) is 36.8 Å². The van der Waals surface area contributed by atoms with Crippen molar-refractivity contribution in [3.8, 4) is 0 Å². The van der Waals surface area contributed by atoms with Crippen LogP contribution >= 0.6 is 0 Å². The molecule has 6 nitrogen and oxygen atoms in total. The lowest BCUT2D eigenvalue weighted by Crippen LogP contribution is -2.42. The van der Waals surface area contributed by atoms with Crippen molar-refractivity contribution in [2.45, 2.75) is 19.8 Å². The number of halogens is 1. The molecule has 26 heavy (non-hydrogen) atoms. The molecule has 1 aliphatic rings. The highest BCUT2D eigenvalue weighted by molar-refractivity contribution is 6.10. The van der Waals surface area contributed by atoms with Crippen LogP contribution in [-0.4, -0.2) is 24.3 Å². The van der Waals surface area contributed by atoms with Crippen LogP contribution in [-0.2, 0) is 14.4 Å². The summed E-state index contributed by atoms with van der Waals surface area (Å²) < 4.78 is 13.3. The number of rotatable bonds is 4. The molecule has 0 spiro atoms. The smallest absolute Gasteiger partial charge is 0.244 e. The minimum atomic E-state index is -0.446. The lowest BCUT2D eigenvalue weighted by atomic mass is 10.1. The van der Waals surface area contributed by atoms with E-state index in [1.807, 2.05) is 0 Å². The van der Waals surface area contributed by atoms with Gasteiger partial charge in [-0.25, -0.2) is 4.39 Å². The van der Waals surface area contributed by atoms with E-state index in [9.17, 15) is 18.8 Å². The van der Waals surface area contributed by atoms with Crippen LogP contribution in [0.2, 0.25) is 0 Å². The van der Waals surface area contributed by atoms with Gasteiger partial charge < -0.3 is 15.5 Å². The molecule has 2 N–H and O–H groups in total. The third kappa shape index (κ3) is 3.88. The molecule has 0 saturated carbocycles. The first-order valence-corrected chi connectivity index (χ1v) is 8.19. The van der Waals surface area contributed by atoms with Crippen molar-refractivity contribution in [3.05, 3.63) is 53.8 Å². The zero-order valence-corrected chi connectivity index (χ0v) is 14.2. The van der Waals surface area contributed by atoms with Gasteiger partial charge in [0, 0.05) is 18.5 Å². The molecule has 0 saturated heterocycles. The normalized spacial score (nSPS) is 13.0. The molecular weight excluding hydrogens is 337 g/mol. The van der Waals surface area contributed by atoms with E-state index in [0.717, 1.165) is 5.56 Å². The summed E-state index contributed by atoms with van der Waals surface area (Å²) in [4.78, 5) is 37.7. The standard InChI is InChI=1S/C19H18FN3O3/c1-12-6-7-13(20)10-15(12)22-17(24)8-9-19(26)23-11-18(25)21-14-4-2-3-5-16(14)23/h2-7,10H,8-9,11H2,1H3,(H,21,25)(H,22,24). The van der Waals surface area contributed by atoms with Gasteiger partial charge >= 0.3 is 0 Å². The molecule has 2 aromatic carbocycles. The summed E-state index contributed by atoms with van der Waals surface area (Å²) in [5.74, 6) is -1.44. The van der Waals surface area contributed by atoms with Crippen molar-refractivity contribution in [1.82, 2.24) is 0 Å². The van der Waals surface area contributed by atoms with Crippen LogP contribution in [0.25, 0.3) is 0 Å². The molecule has 0 aromatic heterocycles. The summed E-state index contributed by atoms with van der Waals surface area (Å²) in [6, 6.07) is 11.1. The third-order valence-corrected chi connectivity index (χ3v) is 4.11. The summed E-state index contributed by atoms with van der Waals surface area (Å²) >= 11 is 0. The first-order valence-electron chi connectivity index (χ1n) is 8.19.